The predicted molar refractivity (Wildman–Crippen MR) is 121 cm³/mol. The summed E-state index contributed by atoms with van der Waals surface area (Å²) < 4.78 is 26.7. The predicted octanol–water partition coefficient (Wildman–Crippen LogP) is 4.29. The first-order chi connectivity index (χ1) is 16.0. The first-order valence-corrected chi connectivity index (χ1v) is 10.4. The molecule has 0 N–H and O–H groups in total. The molecule has 0 radical (unpaired) electrons. The SMILES string of the molecule is COc1ccc(C(=O)C(=O)c2cc3c(cc2CCc2ccc(OC)c(OC)c2)OCO3)cc1. The summed E-state index contributed by atoms with van der Waals surface area (Å²) >= 11 is 0. The van der Waals surface area contributed by atoms with E-state index in [1.165, 1.54) is 0 Å². The van der Waals surface area contributed by atoms with Gasteiger partial charge in [-0.2, -0.15) is 0 Å². The highest BCUT2D eigenvalue weighted by atomic mass is 16.7. The third-order valence-corrected chi connectivity index (χ3v) is 5.53. The van der Waals surface area contributed by atoms with Gasteiger partial charge >= 0.3 is 0 Å². The Hall–Kier alpha value is -4.00. The van der Waals surface area contributed by atoms with Crippen LogP contribution in [0.3, 0.4) is 0 Å². The Kier molecular flexibility index (Phi) is 6.49. The number of carbonyl (C=O) groups excluding carboxylic acids is 2. The van der Waals surface area contributed by atoms with Crippen LogP contribution >= 0.6 is 0 Å². The highest BCUT2D eigenvalue weighted by Crippen LogP contribution is 2.36. The van der Waals surface area contributed by atoms with E-state index in [1.54, 1.807) is 57.7 Å². The Bertz CT molecular complexity index is 1180. The Morgan fingerprint density at radius 3 is 2.12 bits per heavy atom. The molecule has 3 aromatic rings. The van der Waals surface area contributed by atoms with Gasteiger partial charge in [0.05, 0.1) is 21.3 Å². The largest absolute Gasteiger partial charge is 0.497 e. The number of hydrogen-bond donors (Lipinski definition) is 0. The summed E-state index contributed by atoms with van der Waals surface area (Å²) in [4.78, 5) is 26.1. The van der Waals surface area contributed by atoms with Crippen molar-refractivity contribution in [2.45, 2.75) is 12.8 Å². The average molecular weight is 448 g/mol. The van der Waals surface area contributed by atoms with Crippen molar-refractivity contribution >= 4 is 11.6 Å². The summed E-state index contributed by atoms with van der Waals surface area (Å²) in [5.74, 6) is 1.71. The molecule has 7 nitrogen and oxygen atoms in total. The number of rotatable bonds is 9. The molecule has 0 amide bonds. The van der Waals surface area contributed by atoms with Gasteiger partial charge in [-0.05, 0) is 72.5 Å². The minimum absolute atomic E-state index is 0.0779. The molecule has 0 aromatic heterocycles. The molecule has 0 fully saturated rings. The van der Waals surface area contributed by atoms with Gasteiger partial charge in [-0.3, -0.25) is 9.59 Å². The van der Waals surface area contributed by atoms with Crippen molar-refractivity contribution in [1.82, 2.24) is 0 Å². The number of benzene rings is 3. The van der Waals surface area contributed by atoms with E-state index in [0.717, 1.165) is 5.56 Å². The molecule has 0 spiro atoms. The Morgan fingerprint density at radius 2 is 1.45 bits per heavy atom. The number of ketones is 2. The number of fused-ring (bicyclic) bond motifs is 1. The van der Waals surface area contributed by atoms with Gasteiger partial charge < -0.3 is 23.7 Å². The number of aryl methyl sites for hydroxylation is 2. The zero-order chi connectivity index (χ0) is 23.4. The summed E-state index contributed by atoms with van der Waals surface area (Å²) in [6.45, 7) is 0.0779. The van der Waals surface area contributed by atoms with Crippen LogP contribution < -0.4 is 23.7 Å². The van der Waals surface area contributed by atoms with E-state index < -0.39 is 11.6 Å². The molecule has 7 heteroatoms. The lowest BCUT2D eigenvalue weighted by Gasteiger charge is -2.12. The lowest BCUT2D eigenvalue weighted by Crippen LogP contribution is -2.17. The molecule has 4 rings (SSSR count). The van der Waals surface area contributed by atoms with Crippen molar-refractivity contribution in [3.63, 3.8) is 0 Å². The van der Waals surface area contributed by atoms with Crippen molar-refractivity contribution in [3.05, 3.63) is 76.9 Å². The number of carbonyl (C=O) groups is 2. The van der Waals surface area contributed by atoms with E-state index >= 15 is 0 Å². The fourth-order valence-corrected chi connectivity index (χ4v) is 3.71. The second-order valence-electron chi connectivity index (χ2n) is 7.44. The van der Waals surface area contributed by atoms with Gasteiger partial charge in [0, 0.05) is 11.1 Å². The molecule has 1 aliphatic heterocycles. The van der Waals surface area contributed by atoms with Crippen molar-refractivity contribution in [2.75, 3.05) is 28.1 Å². The van der Waals surface area contributed by atoms with Gasteiger partial charge in [-0.15, -0.1) is 0 Å². The molecule has 0 saturated heterocycles. The topological polar surface area (TPSA) is 80.3 Å². The lowest BCUT2D eigenvalue weighted by molar-refractivity contribution is 0.0816. The van der Waals surface area contributed by atoms with Crippen LogP contribution in [0.2, 0.25) is 0 Å². The Labute approximate surface area is 191 Å². The van der Waals surface area contributed by atoms with Gasteiger partial charge in [0.15, 0.2) is 23.0 Å². The van der Waals surface area contributed by atoms with E-state index in [2.05, 4.69) is 0 Å². The van der Waals surface area contributed by atoms with Gasteiger partial charge in [-0.25, -0.2) is 0 Å². The molecule has 0 saturated carbocycles. The van der Waals surface area contributed by atoms with Gasteiger partial charge in [0.25, 0.3) is 0 Å². The van der Waals surface area contributed by atoms with Crippen LogP contribution in [0.4, 0.5) is 0 Å². The normalized spacial score (nSPS) is 11.7. The maximum atomic E-state index is 13.2. The van der Waals surface area contributed by atoms with Gasteiger partial charge in [0.1, 0.15) is 5.75 Å². The van der Waals surface area contributed by atoms with Crippen LogP contribution in [-0.4, -0.2) is 39.7 Å². The van der Waals surface area contributed by atoms with E-state index in [9.17, 15) is 9.59 Å². The first-order valence-electron chi connectivity index (χ1n) is 10.4. The van der Waals surface area contributed by atoms with Crippen molar-refractivity contribution < 1.29 is 33.3 Å². The van der Waals surface area contributed by atoms with Gasteiger partial charge in [0.2, 0.25) is 18.4 Å². The fourth-order valence-electron chi connectivity index (χ4n) is 3.71. The van der Waals surface area contributed by atoms with E-state index in [0.29, 0.717) is 58.3 Å². The van der Waals surface area contributed by atoms with Crippen LogP contribution in [0.5, 0.6) is 28.7 Å². The van der Waals surface area contributed by atoms with E-state index in [4.69, 9.17) is 23.7 Å². The van der Waals surface area contributed by atoms with Crippen LogP contribution in [0, 0.1) is 0 Å². The standard InChI is InChI=1S/C26H24O7/c1-29-19-9-7-17(8-10-19)25(27)26(28)20-14-24-23(32-15-33-24)13-18(20)6-4-16-5-11-21(30-2)22(12-16)31-3/h5,7-14H,4,6,15H2,1-3H3. The summed E-state index contributed by atoms with van der Waals surface area (Å²) in [6, 6.07) is 15.5. The minimum atomic E-state index is -0.597. The average Bonchev–Trinajstić information content (AvgIpc) is 3.33. The molecular formula is C26H24O7. The third kappa shape index (κ3) is 4.62. The third-order valence-electron chi connectivity index (χ3n) is 5.53. The maximum Gasteiger partial charge on any atom is 0.233 e. The quantitative estimate of drug-likeness (QED) is 0.357. The Morgan fingerprint density at radius 1 is 0.758 bits per heavy atom. The number of methoxy groups -OCH3 is 3. The van der Waals surface area contributed by atoms with Crippen molar-refractivity contribution in [3.8, 4) is 28.7 Å². The molecule has 1 aliphatic rings. The van der Waals surface area contributed by atoms with Gasteiger partial charge in [-0.1, -0.05) is 6.07 Å². The molecule has 0 atom stereocenters. The number of ether oxygens (including phenoxy) is 5. The monoisotopic (exact) mass is 448 g/mol. The smallest absolute Gasteiger partial charge is 0.233 e. The lowest BCUT2D eigenvalue weighted by atomic mass is 9.93. The van der Waals surface area contributed by atoms with Crippen LogP contribution in [0.1, 0.15) is 31.8 Å². The summed E-state index contributed by atoms with van der Waals surface area (Å²) in [5.41, 5.74) is 2.32. The number of Topliss-reactive ketones (excluding diaryl/α,β-unsaturated/α-hetero) is 2. The molecule has 1 heterocycles. The van der Waals surface area contributed by atoms with Crippen molar-refractivity contribution in [2.24, 2.45) is 0 Å². The molecule has 33 heavy (non-hydrogen) atoms. The highest BCUT2D eigenvalue weighted by Gasteiger charge is 2.25. The molecule has 0 bridgehead atoms. The molecule has 3 aromatic carbocycles. The first kappa shape index (κ1) is 22.2. The van der Waals surface area contributed by atoms with Crippen molar-refractivity contribution in [1.29, 1.82) is 0 Å². The van der Waals surface area contributed by atoms with E-state index in [1.807, 2.05) is 18.2 Å². The summed E-state index contributed by atoms with van der Waals surface area (Å²) in [7, 11) is 4.71. The highest BCUT2D eigenvalue weighted by molar-refractivity contribution is 6.49. The zero-order valence-corrected chi connectivity index (χ0v) is 18.7. The second kappa shape index (κ2) is 9.65. The second-order valence-corrected chi connectivity index (χ2v) is 7.44. The maximum absolute atomic E-state index is 13.2. The molecule has 0 unspecified atom stereocenters. The van der Waals surface area contributed by atoms with Crippen LogP contribution in [0.25, 0.3) is 0 Å². The van der Waals surface area contributed by atoms with Crippen LogP contribution in [0.15, 0.2) is 54.6 Å². The molecule has 170 valence electrons. The van der Waals surface area contributed by atoms with Crippen LogP contribution in [-0.2, 0) is 12.8 Å². The van der Waals surface area contributed by atoms with E-state index in [-0.39, 0.29) is 6.79 Å². The Balaban J connectivity index is 1.61. The fraction of sp³-hybridized carbons (Fsp3) is 0.231. The summed E-state index contributed by atoms with van der Waals surface area (Å²) in [5, 5.41) is 0. The molecular weight excluding hydrogens is 424 g/mol. The zero-order valence-electron chi connectivity index (χ0n) is 18.7. The summed E-state index contributed by atoms with van der Waals surface area (Å²) in [6.07, 6.45) is 1.14. The molecule has 0 aliphatic carbocycles. The number of hydrogen-bond acceptors (Lipinski definition) is 7. The minimum Gasteiger partial charge on any atom is -0.497 e.